The van der Waals surface area contributed by atoms with E-state index in [4.69, 9.17) is 4.74 Å². The van der Waals surface area contributed by atoms with Gasteiger partial charge in [-0.3, -0.25) is 14.5 Å². The standard InChI is InChI=1S/C15H24N2O3/c18-14-12-3-1-2-4-13(12)15(19)17(14)9-10-20-11-5-7-16-8-6-11/h11-13,16H,1-10H2. The summed E-state index contributed by atoms with van der Waals surface area (Å²) in [7, 11) is 0. The van der Waals surface area contributed by atoms with Crippen LogP contribution in [0.15, 0.2) is 0 Å². The van der Waals surface area contributed by atoms with Crippen LogP contribution < -0.4 is 5.32 Å². The predicted octanol–water partition coefficient (Wildman–Crippen LogP) is 0.930. The minimum atomic E-state index is -0.0323. The third-order valence-corrected chi connectivity index (χ3v) is 4.89. The van der Waals surface area contributed by atoms with Crippen LogP contribution in [0.5, 0.6) is 0 Å². The molecule has 1 saturated carbocycles. The zero-order valence-corrected chi connectivity index (χ0v) is 12.0. The molecule has 2 amide bonds. The number of piperidine rings is 1. The molecule has 5 heteroatoms. The van der Waals surface area contributed by atoms with Gasteiger partial charge in [-0.15, -0.1) is 0 Å². The fourth-order valence-electron chi connectivity index (χ4n) is 3.72. The number of rotatable bonds is 4. The summed E-state index contributed by atoms with van der Waals surface area (Å²) in [6.07, 6.45) is 6.27. The first-order chi connectivity index (χ1) is 9.77. The molecular formula is C15H24N2O3. The molecule has 3 fully saturated rings. The van der Waals surface area contributed by atoms with Crippen molar-refractivity contribution in [2.75, 3.05) is 26.2 Å². The minimum absolute atomic E-state index is 0.0323. The zero-order chi connectivity index (χ0) is 13.9. The van der Waals surface area contributed by atoms with Gasteiger partial charge in [0.25, 0.3) is 0 Å². The lowest BCUT2D eigenvalue weighted by Crippen LogP contribution is -2.37. The molecule has 0 radical (unpaired) electrons. The van der Waals surface area contributed by atoms with Crippen LogP contribution in [-0.4, -0.2) is 49.1 Å². The lowest BCUT2D eigenvalue weighted by atomic mass is 9.81. The maximum atomic E-state index is 12.3. The van der Waals surface area contributed by atoms with E-state index in [1.54, 1.807) is 0 Å². The van der Waals surface area contributed by atoms with Crippen LogP contribution in [0.2, 0.25) is 0 Å². The van der Waals surface area contributed by atoms with E-state index in [1.165, 1.54) is 4.90 Å². The molecule has 1 aliphatic carbocycles. The maximum absolute atomic E-state index is 12.3. The molecule has 0 aromatic heterocycles. The van der Waals surface area contributed by atoms with Gasteiger partial charge in [-0.2, -0.15) is 0 Å². The fourth-order valence-corrected chi connectivity index (χ4v) is 3.72. The van der Waals surface area contributed by atoms with Crippen LogP contribution >= 0.6 is 0 Å². The van der Waals surface area contributed by atoms with Crippen LogP contribution in [0.25, 0.3) is 0 Å². The maximum Gasteiger partial charge on any atom is 0.233 e. The molecule has 5 nitrogen and oxygen atoms in total. The van der Waals surface area contributed by atoms with Gasteiger partial charge in [0.05, 0.1) is 31.1 Å². The third-order valence-electron chi connectivity index (χ3n) is 4.89. The van der Waals surface area contributed by atoms with Gasteiger partial charge in [0, 0.05) is 0 Å². The van der Waals surface area contributed by atoms with Crippen LogP contribution in [0.4, 0.5) is 0 Å². The summed E-state index contributed by atoms with van der Waals surface area (Å²) in [4.78, 5) is 26.0. The quantitative estimate of drug-likeness (QED) is 0.778. The number of hydrogen-bond acceptors (Lipinski definition) is 4. The SMILES string of the molecule is O=C1C2CCCCC2C(=O)N1CCOC1CCNCC1. The van der Waals surface area contributed by atoms with E-state index in [1.807, 2.05) is 0 Å². The highest BCUT2D eigenvalue weighted by Crippen LogP contribution is 2.37. The molecule has 2 unspecified atom stereocenters. The Morgan fingerprint density at radius 3 is 2.20 bits per heavy atom. The Morgan fingerprint density at radius 1 is 1.00 bits per heavy atom. The Balaban J connectivity index is 1.49. The van der Waals surface area contributed by atoms with Gasteiger partial charge in [0.1, 0.15) is 0 Å². The lowest BCUT2D eigenvalue weighted by Gasteiger charge is -2.24. The van der Waals surface area contributed by atoms with E-state index in [-0.39, 0.29) is 29.8 Å². The fraction of sp³-hybridized carbons (Fsp3) is 0.867. The molecule has 1 N–H and O–H groups in total. The topological polar surface area (TPSA) is 58.6 Å². The molecule has 2 saturated heterocycles. The number of nitrogens with one attached hydrogen (secondary N) is 1. The summed E-state index contributed by atoms with van der Waals surface area (Å²) < 4.78 is 5.81. The number of likely N-dealkylation sites (tertiary alicyclic amines) is 1. The Morgan fingerprint density at radius 2 is 1.60 bits per heavy atom. The van der Waals surface area contributed by atoms with E-state index in [0.717, 1.165) is 51.6 Å². The monoisotopic (exact) mass is 280 g/mol. The van der Waals surface area contributed by atoms with Crippen molar-refractivity contribution in [3.8, 4) is 0 Å². The summed E-state index contributed by atoms with van der Waals surface area (Å²) in [5, 5.41) is 3.30. The Hall–Kier alpha value is -0.940. The number of fused-ring (bicyclic) bond motifs is 1. The molecule has 0 bridgehead atoms. The average molecular weight is 280 g/mol. The van der Waals surface area contributed by atoms with E-state index in [2.05, 4.69) is 5.32 Å². The van der Waals surface area contributed by atoms with Gasteiger partial charge < -0.3 is 10.1 Å². The van der Waals surface area contributed by atoms with E-state index >= 15 is 0 Å². The van der Waals surface area contributed by atoms with Crippen LogP contribution in [0.3, 0.4) is 0 Å². The smallest absolute Gasteiger partial charge is 0.233 e. The van der Waals surface area contributed by atoms with Crippen molar-refractivity contribution in [1.29, 1.82) is 0 Å². The van der Waals surface area contributed by atoms with Crippen molar-refractivity contribution < 1.29 is 14.3 Å². The summed E-state index contributed by atoms with van der Waals surface area (Å²) >= 11 is 0. The van der Waals surface area contributed by atoms with Crippen molar-refractivity contribution >= 4 is 11.8 Å². The first-order valence-corrected chi connectivity index (χ1v) is 7.95. The Kier molecular flexibility index (Phi) is 4.36. The van der Waals surface area contributed by atoms with Crippen LogP contribution in [-0.2, 0) is 14.3 Å². The molecule has 0 spiro atoms. The second-order valence-electron chi connectivity index (χ2n) is 6.15. The molecular weight excluding hydrogens is 256 g/mol. The number of nitrogens with zero attached hydrogens (tertiary/aromatic N) is 1. The highest BCUT2D eigenvalue weighted by molar-refractivity contribution is 6.05. The normalized spacial score (nSPS) is 31.7. The van der Waals surface area contributed by atoms with Crippen molar-refractivity contribution in [2.45, 2.75) is 44.6 Å². The molecule has 0 aromatic rings. The molecule has 2 aliphatic heterocycles. The van der Waals surface area contributed by atoms with Gasteiger partial charge >= 0.3 is 0 Å². The second kappa shape index (κ2) is 6.22. The Bertz CT molecular complexity index is 355. The van der Waals surface area contributed by atoms with Gasteiger partial charge in [0.15, 0.2) is 0 Å². The lowest BCUT2D eigenvalue weighted by molar-refractivity contribution is -0.141. The van der Waals surface area contributed by atoms with E-state index in [0.29, 0.717) is 13.2 Å². The van der Waals surface area contributed by atoms with Crippen molar-refractivity contribution in [3.63, 3.8) is 0 Å². The van der Waals surface area contributed by atoms with Gasteiger partial charge in [0.2, 0.25) is 11.8 Å². The predicted molar refractivity (Wildman–Crippen MR) is 74.0 cm³/mol. The summed E-state index contributed by atoms with van der Waals surface area (Å²) in [5.74, 6) is 0.0347. The number of imide groups is 1. The third kappa shape index (κ3) is 2.74. The highest BCUT2D eigenvalue weighted by atomic mass is 16.5. The Labute approximate surface area is 120 Å². The van der Waals surface area contributed by atoms with Gasteiger partial charge in [-0.1, -0.05) is 12.8 Å². The zero-order valence-electron chi connectivity index (χ0n) is 12.0. The highest BCUT2D eigenvalue weighted by Gasteiger charge is 2.47. The minimum Gasteiger partial charge on any atom is -0.376 e. The van der Waals surface area contributed by atoms with Gasteiger partial charge in [-0.05, 0) is 38.8 Å². The second-order valence-corrected chi connectivity index (χ2v) is 6.15. The molecule has 2 atom stereocenters. The summed E-state index contributed by atoms with van der Waals surface area (Å²) in [6.45, 7) is 2.92. The number of carbonyl (C=O) groups excluding carboxylic acids is 2. The molecule has 3 rings (SSSR count). The van der Waals surface area contributed by atoms with E-state index < -0.39 is 0 Å². The average Bonchev–Trinajstić information content (AvgIpc) is 2.74. The number of hydrogen-bond donors (Lipinski definition) is 1. The largest absolute Gasteiger partial charge is 0.376 e. The van der Waals surface area contributed by atoms with Crippen molar-refractivity contribution in [1.82, 2.24) is 10.2 Å². The molecule has 0 aromatic carbocycles. The van der Waals surface area contributed by atoms with Crippen LogP contribution in [0.1, 0.15) is 38.5 Å². The molecule has 3 aliphatic rings. The first-order valence-electron chi connectivity index (χ1n) is 7.95. The molecule has 20 heavy (non-hydrogen) atoms. The number of ether oxygens (including phenoxy) is 1. The number of amides is 2. The number of carbonyl (C=O) groups is 2. The molecule has 2 heterocycles. The molecule has 112 valence electrons. The van der Waals surface area contributed by atoms with Gasteiger partial charge in [-0.25, -0.2) is 0 Å². The van der Waals surface area contributed by atoms with Crippen molar-refractivity contribution in [3.05, 3.63) is 0 Å². The van der Waals surface area contributed by atoms with Crippen molar-refractivity contribution in [2.24, 2.45) is 11.8 Å². The summed E-state index contributed by atoms with van der Waals surface area (Å²) in [5.41, 5.74) is 0. The summed E-state index contributed by atoms with van der Waals surface area (Å²) in [6, 6.07) is 0. The van der Waals surface area contributed by atoms with E-state index in [9.17, 15) is 9.59 Å². The van der Waals surface area contributed by atoms with Crippen LogP contribution in [0, 0.1) is 11.8 Å². The first kappa shape index (κ1) is 14.0.